The highest BCUT2D eigenvalue weighted by atomic mass is 32.2. The molecule has 4 heterocycles. The number of carbonyl (C=O) groups is 7. The molecule has 0 radical (unpaired) electrons. The minimum absolute atomic E-state index is 0.0366. The Morgan fingerprint density at radius 1 is 0.802 bits per heavy atom. The van der Waals surface area contributed by atoms with Gasteiger partial charge in [-0.3, -0.25) is 33.6 Å². The molecule has 0 bridgehead atoms. The monoisotopic (exact) mass is 1310 g/mol. The third kappa shape index (κ3) is 19.0. The number of phenolic OH excluding ortho intramolecular Hbond substituents is 1. The second-order valence-electron chi connectivity index (χ2n) is 22.6. The number of aromatic hydroxyl groups is 1. The molecule has 16 N–H and O–H groups in total. The number of phenols is 1. The van der Waals surface area contributed by atoms with Crippen LogP contribution in [0.25, 0.3) is 21.0 Å². The summed E-state index contributed by atoms with van der Waals surface area (Å²) in [6, 6.07) is 5.11. The molecule has 0 saturated carbocycles. The van der Waals surface area contributed by atoms with E-state index in [9.17, 15) is 79.5 Å². The molecular weight excluding hydrogens is 1230 g/mol. The smallest absolute Gasteiger partial charge is 0.261 e. The Morgan fingerprint density at radius 3 is 2.16 bits per heavy atom. The van der Waals surface area contributed by atoms with Crippen LogP contribution in [0.5, 0.6) is 17.2 Å². The number of fused-ring (bicyclic) bond motifs is 2. The molecule has 3 aliphatic heterocycles. The standard InChI is InChI=1S/C59H79N9O21S2/c1-4-5-6-19-86-39-14-12-35(13-15-39)57-62-25-46(90-57)33-8-10-34(11-9-33)52(78)63-40-22-37(72)24-61-56(82)50-51(77)30(2)26-68(50)59(84)49(43(75)17-18-60-36(28-69)29-70)66-55(81)48(44(76)20-32-7-16-42(74)45(21-32)87-91-89-88-85)65-54(80)41-23-38(73)27-67(41)58(83)47(31(3)71)64-53(40)79/h7-16,21,25,30-31,36-38,40-41,43-44,47-51,60,69-77,85H,4-6,17-20,22-24,26-29H2,1-3H3,(H,61,82)(H,63,78)(H,64,79)(H,65,80)(H,66,81)/t30-,31+,37+,38+,40-,41-,43+,44+,47-,48-,49-,50-,51-/m0/s1. The number of hydrogen-bond acceptors (Lipinski definition) is 25. The number of hydrogen-bond donors (Lipinski definition) is 16. The van der Waals surface area contributed by atoms with Crippen molar-refractivity contribution in [3.63, 3.8) is 0 Å². The second-order valence-corrected chi connectivity index (χ2v) is 24.1. The maximum atomic E-state index is 15.0. The predicted molar refractivity (Wildman–Crippen MR) is 325 cm³/mol. The van der Waals surface area contributed by atoms with E-state index in [1.165, 1.54) is 36.5 Å². The molecule has 0 unspecified atom stereocenters. The summed E-state index contributed by atoms with van der Waals surface area (Å²) in [6.45, 7) is 2.43. The zero-order valence-corrected chi connectivity index (χ0v) is 51.7. The number of nitrogens with one attached hydrogen (secondary N) is 6. The SMILES string of the molecule is CCCCCOc1ccc(-c2ncc(-c3ccc(C(=O)N[C@H]4C[C@@H](O)CNC(=O)[C@@H]5[C@@H](O)[C@@H](C)CN5C(=O)[C@H]([C@H](O)CCNC(CO)CO)NC(=O)[C@H]([C@H](O)Cc5ccc(O)c(OSOOO)c5)NC(=O)[C@@H]5C[C@@H](O)CN5C(=O)[C@H]([C@@H](C)O)NC4=O)cc3)s2)cc1. The molecule has 3 aliphatic rings. The van der Waals surface area contributed by atoms with Gasteiger partial charge >= 0.3 is 0 Å². The summed E-state index contributed by atoms with van der Waals surface area (Å²) < 4.78 is 15.2. The Morgan fingerprint density at radius 2 is 1.48 bits per heavy atom. The predicted octanol–water partition coefficient (Wildman–Crippen LogP) is -1.60. The molecule has 13 atom stereocenters. The Hall–Kier alpha value is -7.15. The van der Waals surface area contributed by atoms with Gasteiger partial charge in [0.2, 0.25) is 35.4 Å². The molecule has 30 nitrogen and oxygen atoms in total. The highest BCUT2D eigenvalue weighted by Gasteiger charge is 2.50. The number of carbonyl (C=O) groups excluding carboxylic acids is 7. The van der Waals surface area contributed by atoms with Crippen molar-refractivity contribution in [3.05, 3.63) is 84.1 Å². The summed E-state index contributed by atoms with van der Waals surface area (Å²) in [5.74, 6) is -8.83. The number of nitrogens with zero attached hydrogens (tertiary/aromatic N) is 3. The van der Waals surface area contributed by atoms with Crippen LogP contribution in [0, 0.1) is 5.92 Å². The van der Waals surface area contributed by atoms with Gasteiger partial charge < -0.3 is 96.6 Å². The molecule has 0 spiro atoms. The number of aliphatic hydroxyl groups excluding tert-OH is 8. The van der Waals surface area contributed by atoms with Crippen LogP contribution >= 0.6 is 23.7 Å². The van der Waals surface area contributed by atoms with Crippen LogP contribution in [0.2, 0.25) is 0 Å². The zero-order chi connectivity index (χ0) is 66.1. The third-order valence-corrected chi connectivity index (χ3v) is 17.2. The van der Waals surface area contributed by atoms with Crippen LogP contribution in [0.3, 0.4) is 0 Å². The Balaban J connectivity index is 1.20. The van der Waals surface area contributed by atoms with Gasteiger partial charge in [-0.2, -0.15) is 0 Å². The maximum Gasteiger partial charge on any atom is 0.261 e. The van der Waals surface area contributed by atoms with E-state index < -0.39 is 184 Å². The van der Waals surface area contributed by atoms with Crippen molar-refractivity contribution in [1.29, 1.82) is 0 Å². The van der Waals surface area contributed by atoms with Crippen molar-refractivity contribution in [3.8, 4) is 38.3 Å². The molecule has 91 heavy (non-hydrogen) atoms. The number of aliphatic hydroxyl groups is 8. The molecule has 0 aliphatic carbocycles. The number of β-amino-alcohol motifs (C(OH)–C–C–N with tert-alkyl or cyclic N) is 1. The van der Waals surface area contributed by atoms with E-state index in [1.54, 1.807) is 18.3 Å². The molecule has 3 saturated heterocycles. The summed E-state index contributed by atoms with van der Waals surface area (Å²) in [7, 11) is 0. The molecular formula is C59H79N9O21S2. The fraction of sp³-hybridized carbons (Fsp3) is 0.525. The number of benzene rings is 3. The molecule has 1 aromatic heterocycles. The summed E-state index contributed by atoms with van der Waals surface area (Å²) in [4.78, 5) is 109. The zero-order valence-electron chi connectivity index (χ0n) is 50.0. The number of thiazole rings is 1. The van der Waals surface area contributed by atoms with Crippen molar-refractivity contribution >= 4 is 65.0 Å². The van der Waals surface area contributed by atoms with Crippen molar-refractivity contribution in [2.24, 2.45) is 5.92 Å². The quantitative estimate of drug-likeness (QED) is 0.0162. The maximum absolute atomic E-state index is 15.0. The number of rotatable bonds is 24. The summed E-state index contributed by atoms with van der Waals surface area (Å²) >= 11 is 1.47. The van der Waals surface area contributed by atoms with Gasteiger partial charge in [-0.25, -0.2) is 10.2 Å². The number of unbranched alkanes of at least 4 members (excludes halogenated alkanes) is 2. The fourth-order valence-electron chi connectivity index (χ4n) is 10.7. The Labute approximate surface area is 531 Å². The van der Waals surface area contributed by atoms with Crippen LogP contribution in [-0.4, -0.2) is 232 Å². The van der Waals surface area contributed by atoms with Crippen molar-refractivity contribution in [2.75, 3.05) is 46.0 Å². The van der Waals surface area contributed by atoms with Crippen molar-refractivity contribution < 1.29 is 103 Å². The number of ether oxygens (including phenoxy) is 1. The van der Waals surface area contributed by atoms with Crippen LogP contribution < -0.4 is 40.8 Å². The van der Waals surface area contributed by atoms with E-state index in [0.29, 0.717) is 12.2 Å². The van der Waals surface area contributed by atoms with Crippen molar-refractivity contribution in [2.45, 2.75) is 145 Å². The molecule has 498 valence electrons. The highest BCUT2D eigenvalue weighted by Crippen LogP contribution is 2.34. The van der Waals surface area contributed by atoms with Crippen molar-refractivity contribution in [1.82, 2.24) is 46.7 Å². The average Bonchev–Trinajstić information content (AvgIpc) is 1.97. The van der Waals surface area contributed by atoms with Gasteiger partial charge in [0.15, 0.2) is 11.5 Å². The van der Waals surface area contributed by atoms with Gasteiger partial charge in [0.1, 0.15) is 47.0 Å². The lowest BCUT2D eigenvalue weighted by atomic mass is 9.98. The minimum Gasteiger partial charge on any atom is -0.504 e. The van der Waals surface area contributed by atoms with E-state index in [1.807, 2.05) is 24.3 Å². The number of amides is 7. The first-order valence-corrected chi connectivity index (χ1v) is 31.1. The van der Waals surface area contributed by atoms with Gasteiger partial charge in [-0.15, -0.1) is 11.3 Å². The van der Waals surface area contributed by atoms with Gasteiger partial charge in [-0.1, -0.05) is 54.3 Å². The molecule has 3 fully saturated rings. The first-order valence-electron chi connectivity index (χ1n) is 29.6. The minimum atomic E-state index is -2.16. The average molecular weight is 1310 g/mol. The Kier molecular flexibility index (Phi) is 26.6. The first-order chi connectivity index (χ1) is 43.5. The van der Waals surface area contributed by atoms with Crippen LogP contribution in [0.1, 0.15) is 75.2 Å². The number of aromatic nitrogens is 1. The van der Waals surface area contributed by atoms with E-state index >= 15 is 0 Å². The molecule has 32 heteroatoms. The molecule has 4 aromatic rings. The molecule has 3 aromatic carbocycles. The van der Waals surface area contributed by atoms with E-state index in [-0.39, 0.29) is 42.3 Å². The molecule has 7 rings (SSSR count). The first kappa shape index (κ1) is 71.3. The summed E-state index contributed by atoms with van der Waals surface area (Å²) in [6.07, 6.45) is -7.83. The summed E-state index contributed by atoms with van der Waals surface area (Å²) in [5.41, 5.74) is 1.70. The lowest BCUT2D eigenvalue weighted by Gasteiger charge is -2.34. The highest BCUT2D eigenvalue weighted by molar-refractivity contribution is 7.90. The second kappa shape index (κ2) is 34.0. The fourth-order valence-corrected chi connectivity index (χ4v) is 11.9. The van der Waals surface area contributed by atoms with E-state index in [0.717, 1.165) is 69.3 Å². The van der Waals surface area contributed by atoms with Gasteiger partial charge in [0.05, 0.1) is 67.4 Å². The largest absolute Gasteiger partial charge is 0.504 e. The van der Waals surface area contributed by atoms with Gasteiger partial charge in [-0.05, 0) is 86.0 Å². The van der Waals surface area contributed by atoms with Crippen LogP contribution in [0.4, 0.5) is 0 Å². The van der Waals surface area contributed by atoms with E-state index in [2.05, 4.69) is 53.2 Å². The van der Waals surface area contributed by atoms with E-state index in [4.69, 9.17) is 14.2 Å². The lowest BCUT2D eigenvalue weighted by Crippen LogP contribution is -2.64. The van der Waals surface area contributed by atoms with Crippen LogP contribution in [0.15, 0.2) is 72.9 Å². The van der Waals surface area contributed by atoms with Crippen LogP contribution in [-0.2, 0) is 44.6 Å². The van der Waals surface area contributed by atoms with Gasteiger partial charge in [0, 0.05) is 62.1 Å². The third-order valence-electron chi connectivity index (χ3n) is 15.8. The topological polar surface area (TPSA) is 450 Å². The Bertz CT molecular complexity index is 3090. The van der Waals surface area contributed by atoms with Gasteiger partial charge in [0.25, 0.3) is 18.2 Å². The lowest BCUT2D eigenvalue weighted by molar-refractivity contribution is -0.433. The normalized spacial score (nSPS) is 24.9. The summed E-state index contributed by atoms with van der Waals surface area (Å²) in [5, 5.41) is 127. The molecule has 7 amide bonds.